The first kappa shape index (κ1) is 23.8. The van der Waals surface area contributed by atoms with Crippen molar-refractivity contribution in [3.8, 4) is 16.8 Å². The van der Waals surface area contributed by atoms with Gasteiger partial charge < -0.3 is 11.1 Å². The van der Waals surface area contributed by atoms with Gasteiger partial charge in [-0.1, -0.05) is 30.3 Å². The molecule has 0 bridgehead atoms. The first-order valence-electron chi connectivity index (χ1n) is 10.5. The second-order valence-corrected chi connectivity index (χ2v) is 9.95. The van der Waals surface area contributed by atoms with Gasteiger partial charge in [-0.05, 0) is 49.4 Å². The second kappa shape index (κ2) is 9.15. The molecule has 1 amide bonds. The van der Waals surface area contributed by atoms with Crippen LogP contribution in [0, 0.1) is 18.2 Å². The number of nitrogens with two attached hydrogens (primary N) is 1. The van der Waals surface area contributed by atoms with Crippen molar-refractivity contribution in [3.05, 3.63) is 95.6 Å². The van der Waals surface area contributed by atoms with Gasteiger partial charge in [0, 0.05) is 28.6 Å². The predicted octanol–water partition coefficient (Wildman–Crippen LogP) is 3.93. The average molecular weight is 492 g/mol. The minimum absolute atomic E-state index is 0.0165. The Balaban J connectivity index is 1.65. The van der Waals surface area contributed by atoms with E-state index in [1.165, 1.54) is 28.9 Å². The molecule has 8 nitrogen and oxygen atoms in total. The molecule has 0 aliphatic rings. The van der Waals surface area contributed by atoms with Crippen LogP contribution in [0.1, 0.15) is 21.7 Å². The van der Waals surface area contributed by atoms with E-state index >= 15 is 4.39 Å². The monoisotopic (exact) mass is 491 g/mol. The molecule has 4 rings (SSSR count). The van der Waals surface area contributed by atoms with Gasteiger partial charge in [0.15, 0.2) is 9.84 Å². The number of amidine groups is 1. The molecule has 0 saturated heterocycles. The van der Waals surface area contributed by atoms with Gasteiger partial charge in [-0.25, -0.2) is 17.5 Å². The van der Waals surface area contributed by atoms with Crippen molar-refractivity contribution in [1.82, 2.24) is 9.78 Å². The fourth-order valence-corrected chi connectivity index (χ4v) is 4.59. The van der Waals surface area contributed by atoms with Crippen LogP contribution in [0.15, 0.2) is 77.7 Å². The number of nitrogen functional groups attached to an aromatic ring is 1. The lowest BCUT2D eigenvalue weighted by molar-refractivity contribution is 0.101. The molecule has 1 aromatic heterocycles. The fourth-order valence-electron chi connectivity index (χ4n) is 3.68. The van der Waals surface area contributed by atoms with Gasteiger partial charge in [0.05, 0.1) is 16.3 Å². The number of hydrogen-bond acceptors (Lipinski definition) is 5. The summed E-state index contributed by atoms with van der Waals surface area (Å²) >= 11 is 0. The lowest BCUT2D eigenvalue weighted by Crippen LogP contribution is -2.18. The topological polar surface area (TPSA) is 131 Å². The average Bonchev–Trinajstić information content (AvgIpc) is 3.20. The van der Waals surface area contributed by atoms with Crippen LogP contribution in [-0.2, 0) is 9.84 Å². The van der Waals surface area contributed by atoms with Crippen LogP contribution in [-0.4, -0.2) is 36.2 Å². The van der Waals surface area contributed by atoms with Crippen LogP contribution in [0.3, 0.4) is 0 Å². The number of benzene rings is 3. The quantitative estimate of drug-likeness (QED) is 0.278. The maximum absolute atomic E-state index is 15.0. The highest BCUT2D eigenvalue weighted by Crippen LogP contribution is 2.31. The normalized spacial score (nSPS) is 11.3. The zero-order valence-electron chi connectivity index (χ0n) is 18.9. The minimum atomic E-state index is -3.57. The van der Waals surface area contributed by atoms with E-state index in [1.807, 2.05) is 0 Å². The van der Waals surface area contributed by atoms with E-state index < -0.39 is 21.6 Å². The summed E-state index contributed by atoms with van der Waals surface area (Å²) in [7, 11) is -3.57. The van der Waals surface area contributed by atoms with Gasteiger partial charge in [0.25, 0.3) is 5.91 Å². The minimum Gasteiger partial charge on any atom is -0.384 e. The number of sulfone groups is 1. The Hall–Kier alpha value is -4.31. The summed E-state index contributed by atoms with van der Waals surface area (Å²) in [5.74, 6) is -1.32. The summed E-state index contributed by atoms with van der Waals surface area (Å²) in [6, 6.07) is 18.5. The Morgan fingerprint density at radius 3 is 2.46 bits per heavy atom. The number of aromatic nitrogens is 2. The van der Waals surface area contributed by atoms with E-state index in [1.54, 1.807) is 49.4 Å². The van der Waals surface area contributed by atoms with Crippen molar-refractivity contribution in [2.45, 2.75) is 11.8 Å². The number of nitrogens with zero attached hydrogens (tertiary/aromatic N) is 2. The number of nitrogens with one attached hydrogen (secondary N) is 2. The number of anilines is 1. The van der Waals surface area contributed by atoms with Crippen LogP contribution < -0.4 is 11.1 Å². The van der Waals surface area contributed by atoms with Gasteiger partial charge in [-0.3, -0.25) is 10.2 Å². The van der Waals surface area contributed by atoms with Crippen LogP contribution in [0.5, 0.6) is 0 Å². The highest BCUT2D eigenvalue weighted by molar-refractivity contribution is 7.90. The SMILES string of the molecule is Cc1cc(C(=O)Nc2ccc(-c3ccccc3S(C)(=O)=O)c(F)c2)n(-c2cccc(C(=N)N)c2)n1. The van der Waals surface area contributed by atoms with Crippen molar-refractivity contribution in [2.75, 3.05) is 11.6 Å². The molecule has 0 aliphatic carbocycles. The zero-order valence-corrected chi connectivity index (χ0v) is 19.7. The summed E-state index contributed by atoms with van der Waals surface area (Å²) in [4.78, 5) is 13.1. The van der Waals surface area contributed by atoms with Gasteiger partial charge in [0.1, 0.15) is 17.3 Å². The lowest BCUT2D eigenvalue weighted by atomic mass is 10.0. The van der Waals surface area contributed by atoms with E-state index in [-0.39, 0.29) is 33.2 Å². The molecule has 10 heteroatoms. The molecule has 178 valence electrons. The molecule has 35 heavy (non-hydrogen) atoms. The van der Waals surface area contributed by atoms with Crippen molar-refractivity contribution >= 4 is 27.3 Å². The summed E-state index contributed by atoms with van der Waals surface area (Å²) in [6.45, 7) is 1.73. The first-order chi connectivity index (χ1) is 16.5. The second-order valence-electron chi connectivity index (χ2n) is 7.96. The first-order valence-corrected chi connectivity index (χ1v) is 12.4. The number of carbonyl (C=O) groups is 1. The lowest BCUT2D eigenvalue weighted by Gasteiger charge is -2.12. The third-order valence-corrected chi connectivity index (χ3v) is 6.42. The molecular formula is C25H22FN5O3S. The maximum Gasteiger partial charge on any atom is 0.274 e. The zero-order chi connectivity index (χ0) is 25.3. The van der Waals surface area contributed by atoms with E-state index in [2.05, 4.69) is 10.4 Å². The van der Waals surface area contributed by atoms with Crippen molar-refractivity contribution in [3.63, 3.8) is 0 Å². The van der Waals surface area contributed by atoms with Crippen molar-refractivity contribution in [1.29, 1.82) is 5.41 Å². The van der Waals surface area contributed by atoms with Crippen molar-refractivity contribution in [2.24, 2.45) is 5.73 Å². The Bertz CT molecular complexity index is 1580. The smallest absolute Gasteiger partial charge is 0.274 e. The number of rotatable bonds is 6. The molecule has 0 radical (unpaired) electrons. The van der Waals surface area contributed by atoms with E-state index in [9.17, 15) is 13.2 Å². The van der Waals surface area contributed by atoms with Crippen LogP contribution in [0.25, 0.3) is 16.8 Å². The Morgan fingerprint density at radius 1 is 1.03 bits per heavy atom. The van der Waals surface area contributed by atoms with Crippen LogP contribution in [0.4, 0.5) is 10.1 Å². The molecule has 0 aliphatic heterocycles. The van der Waals surface area contributed by atoms with E-state index in [0.29, 0.717) is 16.9 Å². The highest BCUT2D eigenvalue weighted by Gasteiger charge is 2.19. The van der Waals surface area contributed by atoms with Gasteiger partial charge >= 0.3 is 0 Å². The third kappa shape index (κ3) is 4.97. The molecule has 3 aromatic carbocycles. The number of amides is 1. The summed E-state index contributed by atoms with van der Waals surface area (Å²) in [6.07, 6.45) is 1.07. The highest BCUT2D eigenvalue weighted by atomic mass is 32.2. The summed E-state index contributed by atoms with van der Waals surface area (Å²) in [5, 5.41) is 14.7. The number of halogens is 1. The van der Waals surface area contributed by atoms with Crippen molar-refractivity contribution < 1.29 is 17.6 Å². The van der Waals surface area contributed by atoms with Crippen LogP contribution >= 0.6 is 0 Å². The third-order valence-electron chi connectivity index (χ3n) is 5.27. The Morgan fingerprint density at radius 2 is 1.77 bits per heavy atom. The van der Waals surface area contributed by atoms with E-state index in [0.717, 1.165) is 12.3 Å². The fraction of sp³-hybridized carbons (Fsp3) is 0.0800. The maximum atomic E-state index is 15.0. The Kier molecular flexibility index (Phi) is 6.23. The molecule has 0 spiro atoms. The molecule has 1 heterocycles. The molecule has 0 unspecified atom stereocenters. The Labute approximate surface area is 201 Å². The van der Waals surface area contributed by atoms with Gasteiger partial charge in [-0.2, -0.15) is 5.10 Å². The van der Waals surface area contributed by atoms with Gasteiger partial charge in [-0.15, -0.1) is 0 Å². The van der Waals surface area contributed by atoms with Gasteiger partial charge in [0.2, 0.25) is 0 Å². The predicted molar refractivity (Wildman–Crippen MR) is 132 cm³/mol. The molecule has 0 fully saturated rings. The number of aryl methyl sites for hydroxylation is 1. The number of hydrogen-bond donors (Lipinski definition) is 3. The summed E-state index contributed by atoms with van der Waals surface area (Å²) in [5.41, 5.74) is 7.91. The number of carbonyl (C=O) groups excluding carboxylic acids is 1. The standard InChI is InChI=1S/C25H22FN5O3S/c1-15-12-22(31(30-15)18-7-5-6-16(13-18)24(27)28)25(32)29-17-10-11-19(21(26)14-17)20-8-3-4-9-23(20)35(2,33)34/h3-14H,1-2H3,(H3,27,28)(H,29,32). The molecule has 4 N–H and O–H groups in total. The molecular weight excluding hydrogens is 469 g/mol. The molecule has 0 saturated carbocycles. The largest absolute Gasteiger partial charge is 0.384 e. The molecule has 4 aromatic rings. The van der Waals surface area contributed by atoms with Crippen LogP contribution in [0.2, 0.25) is 0 Å². The summed E-state index contributed by atoms with van der Waals surface area (Å²) < 4.78 is 40.7. The van der Waals surface area contributed by atoms with E-state index in [4.69, 9.17) is 11.1 Å². The molecule has 0 atom stereocenters.